The first-order valence-corrected chi connectivity index (χ1v) is 8.79. The van der Waals surface area contributed by atoms with Gasteiger partial charge in [-0.15, -0.1) is 0 Å². The van der Waals surface area contributed by atoms with E-state index in [1.807, 2.05) is 36.4 Å². The number of nitrogens with zero attached hydrogens (tertiary/aromatic N) is 1. The van der Waals surface area contributed by atoms with Crippen molar-refractivity contribution in [3.8, 4) is 11.1 Å². The summed E-state index contributed by atoms with van der Waals surface area (Å²) in [6, 6.07) is 15.1. The van der Waals surface area contributed by atoms with Crippen LogP contribution in [0.5, 0.6) is 0 Å². The Bertz CT molecular complexity index is 754. The van der Waals surface area contributed by atoms with Crippen molar-refractivity contribution in [2.45, 2.75) is 4.90 Å². The van der Waals surface area contributed by atoms with Crippen molar-refractivity contribution < 1.29 is 8.42 Å². The zero-order chi connectivity index (χ0) is 15.6. The molecule has 3 N–H and O–H groups in total. The van der Waals surface area contributed by atoms with Gasteiger partial charge in [0.1, 0.15) is 4.90 Å². The molecule has 0 radical (unpaired) electrons. The fourth-order valence-corrected chi connectivity index (χ4v) is 3.59. The van der Waals surface area contributed by atoms with Crippen molar-refractivity contribution in [1.82, 2.24) is 5.32 Å². The van der Waals surface area contributed by atoms with Gasteiger partial charge < -0.3 is 10.2 Å². The highest BCUT2D eigenvalue weighted by Gasteiger charge is 2.23. The summed E-state index contributed by atoms with van der Waals surface area (Å²) in [5, 5.41) is 8.72. The maximum atomic E-state index is 12.0. The molecule has 116 valence electrons. The lowest BCUT2D eigenvalue weighted by molar-refractivity contribution is 0.581. The van der Waals surface area contributed by atoms with Crippen LogP contribution in [0.4, 0.5) is 5.69 Å². The van der Waals surface area contributed by atoms with Crippen molar-refractivity contribution in [2.24, 2.45) is 5.14 Å². The molecule has 6 heteroatoms. The number of hydrogen-bond acceptors (Lipinski definition) is 4. The molecular weight excluding hydrogens is 298 g/mol. The minimum absolute atomic E-state index is 0.191. The molecule has 3 rings (SSSR count). The molecule has 0 aromatic heterocycles. The van der Waals surface area contributed by atoms with E-state index >= 15 is 0 Å². The summed E-state index contributed by atoms with van der Waals surface area (Å²) in [7, 11) is -3.78. The summed E-state index contributed by atoms with van der Waals surface area (Å²) in [6.07, 6.45) is 0. The van der Waals surface area contributed by atoms with Gasteiger partial charge in [-0.1, -0.05) is 42.5 Å². The highest BCUT2D eigenvalue weighted by atomic mass is 32.2. The molecule has 2 aromatic carbocycles. The lowest BCUT2D eigenvalue weighted by atomic mass is 10.0. The Hall–Kier alpha value is -1.89. The number of primary sulfonamides is 1. The molecule has 0 amide bonds. The van der Waals surface area contributed by atoms with Crippen molar-refractivity contribution in [3.05, 3.63) is 48.5 Å². The van der Waals surface area contributed by atoms with E-state index in [1.54, 1.807) is 12.1 Å². The predicted octanol–water partition coefficient (Wildman–Crippen LogP) is 1.41. The third-order valence-electron chi connectivity index (χ3n) is 3.82. The van der Waals surface area contributed by atoms with Crippen LogP contribution < -0.4 is 15.4 Å². The van der Waals surface area contributed by atoms with E-state index in [0.717, 1.165) is 37.3 Å². The van der Waals surface area contributed by atoms with E-state index in [-0.39, 0.29) is 4.90 Å². The number of anilines is 1. The van der Waals surface area contributed by atoms with Crippen LogP contribution in [0.1, 0.15) is 0 Å². The van der Waals surface area contributed by atoms with Crippen molar-refractivity contribution in [2.75, 3.05) is 31.1 Å². The normalized spacial score (nSPS) is 15.8. The molecule has 1 heterocycles. The molecule has 1 aliphatic rings. The second-order valence-electron chi connectivity index (χ2n) is 5.30. The fourth-order valence-electron chi connectivity index (χ4n) is 2.82. The molecule has 2 aromatic rings. The van der Waals surface area contributed by atoms with Crippen molar-refractivity contribution >= 4 is 15.7 Å². The number of rotatable bonds is 3. The largest absolute Gasteiger partial charge is 0.367 e. The molecule has 1 fully saturated rings. The summed E-state index contributed by atoms with van der Waals surface area (Å²) in [5.41, 5.74) is 2.59. The molecule has 1 aliphatic heterocycles. The van der Waals surface area contributed by atoms with E-state index in [1.165, 1.54) is 0 Å². The van der Waals surface area contributed by atoms with Crippen LogP contribution in [0.25, 0.3) is 11.1 Å². The molecule has 0 saturated carbocycles. The van der Waals surface area contributed by atoms with Crippen LogP contribution in [0.2, 0.25) is 0 Å². The Morgan fingerprint density at radius 2 is 1.64 bits per heavy atom. The Kier molecular flexibility index (Phi) is 4.15. The van der Waals surface area contributed by atoms with E-state index in [9.17, 15) is 8.42 Å². The number of sulfonamides is 1. The average molecular weight is 317 g/mol. The SMILES string of the molecule is NS(=O)(=O)c1cccc(-c2ccccc2)c1N1CCNCC1. The number of para-hydroxylation sites is 1. The Balaban J connectivity index is 2.21. The van der Waals surface area contributed by atoms with Crippen LogP contribution in [-0.4, -0.2) is 34.6 Å². The fraction of sp³-hybridized carbons (Fsp3) is 0.250. The molecule has 0 atom stereocenters. The molecule has 1 saturated heterocycles. The quantitative estimate of drug-likeness (QED) is 0.897. The standard InChI is InChI=1S/C16H19N3O2S/c17-22(20,21)15-8-4-7-14(13-5-2-1-3-6-13)16(15)19-11-9-18-10-12-19/h1-8,18H,9-12H2,(H2,17,20,21). The first-order chi connectivity index (χ1) is 10.6. The van der Waals surface area contributed by atoms with Gasteiger partial charge in [-0.3, -0.25) is 0 Å². The van der Waals surface area contributed by atoms with Gasteiger partial charge in [-0.25, -0.2) is 13.6 Å². The van der Waals surface area contributed by atoms with Crippen molar-refractivity contribution in [1.29, 1.82) is 0 Å². The van der Waals surface area contributed by atoms with Gasteiger partial charge in [0.2, 0.25) is 10.0 Å². The Morgan fingerprint density at radius 3 is 2.27 bits per heavy atom. The molecule has 0 unspecified atom stereocenters. The smallest absolute Gasteiger partial charge is 0.240 e. The van der Waals surface area contributed by atoms with Crippen LogP contribution >= 0.6 is 0 Å². The minimum Gasteiger partial charge on any atom is -0.367 e. The Morgan fingerprint density at radius 1 is 0.955 bits per heavy atom. The third kappa shape index (κ3) is 2.99. The van der Waals surface area contributed by atoms with E-state index in [2.05, 4.69) is 10.2 Å². The summed E-state index contributed by atoms with van der Waals surface area (Å²) >= 11 is 0. The topological polar surface area (TPSA) is 75.4 Å². The second kappa shape index (κ2) is 6.08. The van der Waals surface area contributed by atoms with Gasteiger partial charge >= 0.3 is 0 Å². The number of nitrogens with two attached hydrogens (primary N) is 1. The van der Waals surface area contributed by atoms with Gasteiger partial charge in [-0.05, 0) is 11.6 Å². The summed E-state index contributed by atoms with van der Waals surface area (Å²) in [4.78, 5) is 2.29. The maximum Gasteiger partial charge on any atom is 0.240 e. The van der Waals surface area contributed by atoms with Crippen LogP contribution in [0, 0.1) is 0 Å². The minimum atomic E-state index is -3.78. The molecule has 0 bridgehead atoms. The number of benzene rings is 2. The molecular formula is C16H19N3O2S. The third-order valence-corrected chi connectivity index (χ3v) is 4.77. The molecule has 0 aliphatic carbocycles. The van der Waals surface area contributed by atoms with E-state index in [4.69, 9.17) is 5.14 Å². The first kappa shape index (κ1) is 15.0. The number of nitrogens with one attached hydrogen (secondary N) is 1. The van der Waals surface area contributed by atoms with Gasteiger partial charge in [-0.2, -0.15) is 0 Å². The second-order valence-corrected chi connectivity index (χ2v) is 6.83. The average Bonchev–Trinajstić information content (AvgIpc) is 2.55. The summed E-state index contributed by atoms with van der Waals surface area (Å²) in [6.45, 7) is 3.17. The predicted molar refractivity (Wildman–Crippen MR) is 88.3 cm³/mol. The highest BCUT2D eigenvalue weighted by molar-refractivity contribution is 7.89. The highest BCUT2D eigenvalue weighted by Crippen LogP contribution is 2.36. The summed E-state index contributed by atoms with van der Waals surface area (Å²) < 4.78 is 24.0. The van der Waals surface area contributed by atoms with Gasteiger partial charge in [0, 0.05) is 31.7 Å². The lowest BCUT2D eigenvalue weighted by Crippen LogP contribution is -2.44. The lowest BCUT2D eigenvalue weighted by Gasteiger charge is -2.32. The van der Waals surface area contributed by atoms with Crippen molar-refractivity contribution in [3.63, 3.8) is 0 Å². The molecule has 22 heavy (non-hydrogen) atoms. The zero-order valence-corrected chi connectivity index (χ0v) is 13.0. The van der Waals surface area contributed by atoms with Gasteiger partial charge in [0.05, 0.1) is 5.69 Å². The zero-order valence-electron chi connectivity index (χ0n) is 12.2. The monoisotopic (exact) mass is 317 g/mol. The Labute approximate surface area is 130 Å². The maximum absolute atomic E-state index is 12.0. The van der Waals surface area contributed by atoms with Gasteiger partial charge in [0.15, 0.2) is 0 Å². The first-order valence-electron chi connectivity index (χ1n) is 7.24. The number of piperazine rings is 1. The number of hydrogen-bond donors (Lipinski definition) is 2. The van der Waals surface area contributed by atoms with Crippen LogP contribution in [0.3, 0.4) is 0 Å². The molecule has 5 nitrogen and oxygen atoms in total. The summed E-state index contributed by atoms with van der Waals surface area (Å²) in [5.74, 6) is 0. The van der Waals surface area contributed by atoms with E-state index < -0.39 is 10.0 Å². The van der Waals surface area contributed by atoms with Gasteiger partial charge in [0.25, 0.3) is 0 Å². The van der Waals surface area contributed by atoms with Crippen LogP contribution in [-0.2, 0) is 10.0 Å². The van der Waals surface area contributed by atoms with E-state index in [0.29, 0.717) is 5.69 Å². The van der Waals surface area contributed by atoms with Crippen LogP contribution in [0.15, 0.2) is 53.4 Å². The molecule has 0 spiro atoms.